The quantitative estimate of drug-likeness (QED) is 0.791. The molecule has 1 aliphatic carbocycles. The van der Waals surface area contributed by atoms with Gasteiger partial charge in [-0.1, -0.05) is 0 Å². The molecule has 1 aromatic rings. The molecule has 0 amide bonds. The summed E-state index contributed by atoms with van der Waals surface area (Å²) < 4.78 is 5.65. The molecule has 0 unspecified atom stereocenters. The highest BCUT2D eigenvalue weighted by Crippen LogP contribution is 2.30. The van der Waals surface area contributed by atoms with Crippen LogP contribution in [0.5, 0.6) is 5.75 Å². The highest BCUT2D eigenvalue weighted by Gasteiger charge is 2.22. The van der Waals surface area contributed by atoms with Crippen molar-refractivity contribution in [3.05, 3.63) is 23.5 Å². The summed E-state index contributed by atoms with van der Waals surface area (Å²) in [6, 6.07) is 1.86. The predicted octanol–water partition coefficient (Wildman–Crippen LogP) is 1.67. The minimum atomic E-state index is -0.0214. The van der Waals surface area contributed by atoms with E-state index in [-0.39, 0.29) is 6.61 Å². The third-order valence-electron chi connectivity index (χ3n) is 2.58. The van der Waals surface area contributed by atoms with Crippen molar-refractivity contribution >= 4 is 0 Å². The molecule has 3 heteroatoms. The molecule has 0 radical (unpaired) electrons. The number of nitrogens with zero attached hydrogens (tertiary/aromatic N) is 1. The van der Waals surface area contributed by atoms with Crippen molar-refractivity contribution in [3.63, 3.8) is 0 Å². The van der Waals surface area contributed by atoms with E-state index in [0.717, 1.165) is 23.8 Å². The maximum atomic E-state index is 9.01. The second-order valence-corrected chi connectivity index (χ2v) is 3.79. The van der Waals surface area contributed by atoms with Gasteiger partial charge in [0.05, 0.1) is 18.9 Å². The summed E-state index contributed by atoms with van der Waals surface area (Å²) in [7, 11) is 0. The Bertz CT molecular complexity index is 321. The molecule has 1 heterocycles. The Morgan fingerprint density at radius 3 is 3.00 bits per heavy atom. The van der Waals surface area contributed by atoms with Crippen molar-refractivity contribution < 1.29 is 9.84 Å². The Morgan fingerprint density at radius 2 is 2.36 bits per heavy atom. The van der Waals surface area contributed by atoms with E-state index in [2.05, 4.69) is 4.98 Å². The molecule has 0 atom stereocenters. The summed E-state index contributed by atoms with van der Waals surface area (Å²) in [6.07, 6.45) is 4.26. The molecule has 0 aliphatic heterocycles. The van der Waals surface area contributed by atoms with Crippen LogP contribution in [0.1, 0.15) is 24.1 Å². The molecule has 2 rings (SSSR count). The van der Waals surface area contributed by atoms with Gasteiger partial charge in [0.2, 0.25) is 0 Å². The molecule has 0 aromatic carbocycles. The lowest BCUT2D eigenvalue weighted by molar-refractivity contribution is 0.270. The lowest BCUT2D eigenvalue weighted by atomic mass is 10.2. The van der Waals surface area contributed by atoms with Gasteiger partial charge in [0.25, 0.3) is 0 Å². The van der Waals surface area contributed by atoms with E-state index in [1.165, 1.54) is 12.8 Å². The molecule has 1 aromatic heterocycles. The number of hydrogen-bond donors (Lipinski definition) is 1. The molecule has 0 saturated heterocycles. The van der Waals surface area contributed by atoms with Crippen LogP contribution in [0.25, 0.3) is 0 Å². The molecule has 3 nitrogen and oxygen atoms in total. The lowest BCUT2D eigenvalue weighted by Crippen LogP contribution is -2.03. The zero-order valence-electron chi connectivity index (χ0n) is 8.36. The summed E-state index contributed by atoms with van der Waals surface area (Å²) in [6.45, 7) is 2.71. The first-order chi connectivity index (χ1) is 6.81. The van der Waals surface area contributed by atoms with Crippen LogP contribution in [0.2, 0.25) is 0 Å². The first-order valence-electron chi connectivity index (χ1n) is 4.99. The van der Waals surface area contributed by atoms with E-state index in [1.54, 1.807) is 6.20 Å². The minimum Gasteiger partial charge on any atom is -0.493 e. The second-order valence-electron chi connectivity index (χ2n) is 3.79. The first kappa shape index (κ1) is 9.46. The molecule has 14 heavy (non-hydrogen) atoms. The van der Waals surface area contributed by atoms with Gasteiger partial charge in [-0.2, -0.15) is 0 Å². The number of aliphatic hydroxyl groups excluding tert-OH is 1. The summed E-state index contributed by atoms with van der Waals surface area (Å²) in [5.74, 6) is 1.61. The van der Waals surface area contributed by atoms with E-state index in [4.69, 9.17) is 9.84 Å². The average Bonchev–Trinajstić information content (AvgIpc) is 3.00. The van der Waals surface area contributed by atoms with Crippen LogP contribution in [0.4, 0.5) is 0 Å². The Hall–Kier alpha value is -1.09. The van der Waals surface area contributed by atoms with Gasteiger partial charge in [0, 0.05) is 11.8 Å². The fourth-order valence-corrected chi connectivity index (χ4v) is 1.37. The normalized spacial score (nSPS) is 15.6. The Balaban J connectivity index is 2.06. The maximum Gasteiger partial charge on any atom is 0.125 e. The van der Waals surface area contributed by atoms with Gasteiger partial charge in [-0.05, 0) is 31.7 Å². The monoisotopic (exact) mass is 193 g/mol. The van der Waals surface area contributed by atoms with Crippen LogP contribution < -0.4 is 4.74 Å². The third-order valence-corrected chi connectivity index (χ3v) is 2.58. The van der Waals surface area contributed by atoms with Crippen LogP contribution >= 0.6 is 0 Å². The second kappa shape index (κ2) is 3.96. The van der Waals surface area contributed by atoms with E-state index >= 15 is 0 Å². The highest BCUT2D eigenvalue weighted by atomic mass is 16.5. The zero-order chi connectivity index (χ0) is 9.97. The summed E-state index contributed by atoms with van der Waals surface area (Å²) >= 11 is 0. The largest absolute Gasteiger partial charge is 0.493 e. The smallest absolute Gasteiger partial charge is 0.125 e. The minimum absolute atomic E-state index is 0.0214. The van der Waals surface area contributed by atoms with Gasteiger partial charge in [0.1, 0.15) is 5.75 Å². The van der Waals surface area contributed by atoms with E-state index in [1.807, 2.05) is 13.0 Å². The Kier molecular flexibility index (Phi) is 2.68. The first-order valence-corrected chi connectivity index (χ1v) is 4.99. The van der Waals surface area contributed by atoms with Gasteiger partial charge in [-0.25, -0.2) is 0 Å². The maximum absolute atomic E-state index is 9.01. The predicted molar refractivity (Wildman–Crippen MR) is 53.1 cm³/mol. The Labute approximate surface area is 83.7 Å². The highest BCUT2D eigenvalue weighted by molar-refractivity contribution is 5.34. The van der Waals surface area contributed by atoms with Crippen molar-refractivity contribution in [3.8, 4) is 5.75 Å². The average molecular weight is 193 g/mol. The summed E-state index contributed by atoms with van der Waals surface area (Å²) in [5, 5.41) is 9.01. The number of rotatable bonds is 4. The molecule has 76 valence electrons. The van der Waals surface area contributed by atoms with Crippen molar-refractivity contribution in [2.24, 2.45) is 5.92 Å². The van der Waals surface area contributed by atoms with E-state index in [9.17, 15) is 0 Å². The fourth-order valence-electron chi connectivity index (χ4n) is 1.37. The number of aromatic nitrogens is 1. The van der Waals surface area contributed by atoms with Crippen molar-refractivity contribution in [1.29, 1.82) is 0 Å². The molecule has 0 spiro atoms. The zero-order valence-corrected chi connectivity index (χ0v) is 8.36. The molecule has 1 N–H and O–H groups in total. The van der Waals surface area contributed by atoms with E-state index < -0.39 is 0 Å². The van der Waals surface area contributed by atoms with Crippen LogP contribution in [-0.2, 0) is 6.61 Å². The van der Waals surface area contributed by atoms with Gasteiger partial charge in [0.15, 0.2) is 0 Å². The third kappa shape index (κ3) is 2.04. The van der Waals surface area contributed by atoms with E-state index in [0.29, 0.717) is 5.69 Å². The molecule has 1 saturated carbocycles. The van der Waals surface area contributed by atoms with Gasteiger partial charge in [-0.15, -0.1) is 0 Å². The molecule has 1 fully saturated rings. The number of pyridine rings is 1. The van der Waals surface area contributed by atoms with Gasteiger partial charge in [-0.3, -0.25) is 4.98 Å². The lowest BCUT2D eigenvalue weighted by Gasteiger charge is -2.10. The van der Waals surface area contributed by atoms with Crippen molar-refractivity contribution in [1.82, 2.24) is 4.98 Å². The topological polar surface area (TPSA) is 42.4 Å². The Morgan fingerprint density at radius 1 is 1.57 bits per heavy atom. The van der Waals surface area contributed by atoms with Crippen LogP contribution in [0.15, 0.2) is 12.3 Å². The number of hydrogen-bond acceptors (Lipinski definition) is 3. The van der Waals surface area contributed by atoms with Crippen LogP contribution in [0, 0.1) is 12.8 Å². The SMILES string of the molecule is Cc1c(OCC2CC2)ccnc1CO. The number of aliphatic hydroxyl groups is 1. The molecular weight excluding hydrogens is 178 g/mol. The standard InChI is InChI=1S/C11H15NO2/c1-8-10(6-13)12-5-4-11(8)14-7-9-2-3-9/h4-5,9,13H,2-3,6-7H2,1H3. The fraction of sp³-hybridized carbons (Fsp3) is 0.545. The van der Waals surface area contributed by atoms with Gasteiger partial charge < -0.3 is 9.84 Å². The summed E-state index contributed by atoms with van der Waals surface area (Å²) in [5.41, 5.74) is 1.66. The molecular formula is C11H15NO2. The molecule has 1 aliphatic rings. The van der Waals surface area contributed by atoms with Gasteiger partial charge >= 0.3 is 0 Å². The number of ether oxygens (including phenoxy) is 1. The molecule has 0 bridgehead atoms. The van der Waals surface area contributed by atoms with Crippen LogP contribution in [-0.4, -0.2) is 16.7 Å². The summed E-state index contributed by atoms with van der Waals surface area (Å²) in [4.78, 5) is 4.07. The van der Waals surface area contributed by atoms with Crippen molar-refractivity contribution in [2.45, 2.75) is 26.4 Å². The van der Waals surface area contributed by atoms with Crippen molar-refractivity contribution in [2.75, 3.05) is 6.61 Å². The van der Waals surface area contributed by atoms with Crippen LogP contribution in [0.3, 0.4) is 0 Å².